The average Bonchev–Trinajstić information content (AvgIpc) is 3.11. The molecule has 6 heteroatoms. The van der Waals surface area contributed by atoms with Gasteiger partial charge in [0.2, 0.25) is 10.0 Å². The number of carbonyl (C=O) groups is 1. The third kappa shape index (κ3) is 4.44. The first-order valence-electron chi connectivity index (χ1n) is 13.0. The number of ether oxygens (including phenoxy) is 1. The molecule has 5 nitrogen and oxygen atoms in total. The van der Waals surface area contributed by atoms with Crippen LogP contribution in [0.5, 0.6) is 5.75 Å². The zero-order valence-electron chi connectivity index (χ0n) is 21.0. The molecular weight excluding hydrogens is 458 g/mol. The highest BCUT2D eigenvalue weighted by Gasteiger charge is 2.58. The lowest BCUT2D eigenvalue weighted by molar-refractivity contribution is -0.129. The fourth-order valence-corrected chi connectivity index (χ4v) is 8.46. The summed E-state index contributed by atoms with van der Waals surface area (Å²) in [5, 5.41) is 0. The molecule has 2 aromatic rings. The third-order valence-electron chi connectivity index (χ3n) is 9.15. The van der Waals surface area contributed by atoms with Crippen LogP contribution in [0.1, 0.15) is 68.1 Å². The van der Waals surface area contributed by atoms with Crippen molar-refractivity contribution < 1.29 is 17.9 Å². The van der Waals surface area contributed by atoms with E-state index < -0.39 is 10.0 Å². The Bertz CT molecular complexity index is 1210. The van der Waals surface area contributed by atoms with E-state index in [1.165, 1.54) is 11.1 Å². The molecule has 0 radical (unpaired) electrons. The highest BCUT2D eigenvalue weighted by atomic mass is 32.2. The number of Topliss-reactive ketones (excluding diaryl/α,β-unsaturated/α-hetero) is 1. The summed E-state index contributed by atoms with van der Waals surface area (Å²) in [7, 11) is -1.79. The molecule has 0 heterocycles. The second-order valence-electron chi connectivity index (χ2n) is 11.1. The number of nitrogens with one attached hydrogen (secondary N) is 1. The first-order valence-corrected chi connectivity index (χ1v) is 14.5. The first-order chi connectivity index (χ1) is 16.7. The summed E-state index contributed by atoms with van der Waals surface area (Å²) in [6.07, 6.45) is 6.48. The van der Waals surface area contributed by atoms with Crippen LogP contribution in [-0.4, -0.2) is 27.9 Å². The lowest BCUT2D eigenvalue weighted by Gasteiger charge is -2.50. The number of benzene rings is 2. The van der Waals surface area contributed by atoms with Crippen molar-refractivity contribution >= 4 is 15.8 Å². The van der Waals surface area contributed by atoms with E-state index in [2.05, 4.69) is 29.8 Å². The van der Waals surface area contributed by atoms with Gasteiger partial charge in [-0.05, 0) is 105 Å². The molecule has 1 N–H and O–H groups in total. The van der Waals surface area contributed by atoms with E-state index in [0.717, 1.165) is 49.8 Å². The number of fused-ring (bicyclic) bond motifs is 5. The van der Waals surface area contributed by atoms with Gasteiger partial charge in [-0.3, -0.25) is 4.79 Å². The number of hydrogen-bond acceptors (Lipinski definition) is 4. The lowest BCUT2D eigenvalue weighted by Crippen LogP contribution is -2.44. The smallest absolute Gasteiger partial charge is 0.240 e. The summed E-state index contributed by atoms with van der Waals surface area (Å²) in [6, 6.07) is 13.5. The number of sulfonamides is 1. The molecule has 0 bridgehead atoms. The van der Waals surface area contributed by atoms with Crippen LogP contribution in [-0.2, 0) is 21.2 Å². The minimum absolute atomic E-state index is 0.225. The summed E-state index contributed by atoms with van der Waals surface area (Å²) in [5.41, 5.74) is 3.67. The fraction of sp³-hybridized carbons (Fsp3) is 0.552. The van der Waals surface area contributed by atoms with Crippen LogP contribution in [0.25, 0.3) is 0 Å². The van der Waals surface area contributed by atoms with Gasteiger partial charge in [-0.1, -0.05) is 30.7 Å². The van der Waals surface area contributed by atoms with Gasteiger partial charge >= 0.3 is 0 Å². The summed E-state index contributed by atoms with van der Waals surface area (Å²) < 4.78 is 33.5. The Morgan fingerprint density at radius 3 is 2.63 bits per heavy atom. The minimum atomic E-state index is -3.50. The topological polar surface area (TPSA) is 72.5 Å². The van der Waals surface area contributed by atoms with Gasteiger partial charge in [0.1, 0.15) is 11.5 Å². The molecule has 5 atom stereocenters. The number of carbonyl (C=O) groups excluding carboxylic acids is 1. The van der Waals surface area contributed by atoms with Crippen LogP contribution in [0.4, 0.5) is 0 Å². The maximum Gasteiger partial charge on any atom is 0.240 e. The highest BCUT2D eigenvalue weighted by Crippen LogP contribution is 2.62. The second kappa shape index (κ2) is 9.36. The third-order valence-corrected chi connectivity index (χ3v) is 10.6. The Morgan fingerprint density at radius 2 is 1.89 bits per heavy atom. The number of rotatable bonds is 7. The van der Waals surface area contributed by atoms with E-state index in [4.69, 9.17) is 4.74 Å². The number of ketones is 1. The van der Waals surface area contributed by atoms with E-state index in [9.17, 15) is 13.2 Å². The molecule has 3 aliphatic rings. The van der Waals surface area contributed by atoms with Gasteiger partial charge in [0.15, 0.2) is 0 Å². The maximum atomic E-state index is 13.2. The SMILES string of the molecule is COc1ccc2c(c1)CC[C@@H]1[C@@H]2CC[C@]2(C)C(=O)CC(CCCNS(=O)(=O)c3ccc(C)cc3)[C@@H]12. The predicted molar refractivity (Wildman–Crippen MR) is 137 cm³/mol. The summed E-state index contributed by atoms with van der Waals surface area (Å²) in [4.78, 5) is 13.5. The molecule has 0 saturated heterocycles. The van der Waals surface area contributed by atoms with Gasteiger partial charge in [-0.25, -0.2) is 13.1 Å². The number of methoxy groups -OCH3 is 1. The number of aryl methyl sites for hydroxylation is 2. The van der Waals surface area contributed by atoms with Crippen molar-refractivity contribution in [1.82, 2.24) is 4.72 Å². The molecule has 35 heavy (non-hydrogen) atoms. The van der Waals surface area contributed by atoms with Gasteiger partial charge in [-0.15, -0.1) is 0 Å². The molecule has 0 aliphatic heterocycles. The number of hydrogen-bond donors (Lipinski definition) is 1. The van der Waals surface area contributed by atoms with E-state index in [1.807, 2.05) is 19.1 Å². The van der Waals surface area contributed by atoms with Crippen molar-refractivity contribution in [3.8, 4) is 5.75 Å². The van der Waals surface area contributed by atoms with Gasteiger partial charge < -0.3 is 4.74 Å². The maximum absolute atomic E-state index is 13.2. The van der Waals surface area contributed by atoms with Crippen molar-refractivity contribution in [3.05, 3.63) is 59.2 Å². The van der Waals surface area contributed by atoms with Crippen LogP contribution in [0.15, 0.2) is 47.4 Å². The minimum Gasteiger partial charge on any atom is -0.497 e. The Morgan fingerprint density at radius 1 is 1.11 bits per heavy atom. The molecule has 0 aromatic heterocycles. The molecule has 0 spiro atoms. The monoisotopic (exact) mass is 495 g/mol. The Hall–Kier alpha value is -2.18. The molecule has 2 aromatic carbocycles. The molecule has 2 fully saturated rings. The first kappa shape index (κ1) is 24.5. The summed E-state index contributed by atoms with van der Waals surface area (Å²) in [5.74, 6) is 3.10. The normalized spacial score (nSPS) is 29.9. The second-order valence-corrected chi connectivity index (χ2v) is 12.9. The van der Waals surface area contributed by atoms with Crippen LogP contribution < -0.4 is 9.46 Å². The van der Waals surface area contributed by atoms with E-state index in [-0.39, 0.29) is 5.41 Å². The van der Waals surface area contributed by atoms with Crippen molar-refractivity contribution in [3.63, 3.8) is 0 Å². The molecule has 188 valence electrons. The van der Waals surface area contributed by atoms with E-state index in [0.29, 0.717) is 47.3 Å². The van der Waals surface area contributed by atoms with Crippen LogP contribution in [0.3, 0.4) is 0 Å². The predicted octanol–water partition coefficient (Wildman–Crippen LogP) is 5.41. The van der Waals surface area contributed by atoms with Gasteiger partial charge in [0, 0.05) is 18.4 Å². The molecular formula is C29H37NO4S. The Labute approximate surface area is 209 Å². The molecule has 0 amide bonds. The zero-order valence-corrected chi connectivity index (χ0v) is 21.9. The van der Waals surface area contributed by atoms with Crippen molar-refractivity contribution in [2.75, 3.05) is 13.7 Å². The summed E-state index contributed by atoms with van der Waals surface area (Å²) >= 11 is 0. The Balaban J connectivity index is 1.27. The lowest BCUT2D eigenvalue weighted by atomic mass is 9.54. The van der Waals surface area contributed by atoms with Crippen LogP contribution >= 0.6 is 0 Å². The highest BCUT2D eigenvalue weighted by molar-refractivity contribution is 7.89. The standard InChI is InChI=1S/C29H37NO4S/c1-19-6-10-23(11-7-19)35(32,33)30-16-4-5-21-18-27(31)29(2)15-14-25-24-13-9-22(34-3)17-20(24)8-12-26(25)28(21)29/h6-7,9-11,13,17,21,25-26,28,30H,4-5,8,12,14-16,18H2,1-3H3/t21?,25-,26-,28+,29-/m1/s1. The molecule has 1 unspecified atom stereocenters. The Kier molecular flexibility index (Phi) is 6.56. The van der Waals surface area contributed by atoms with E-state index >= 15 is 0 Å². The largest absolute Gasteiger partial charge is 0.497 e. The van der Waals surface area contributed by atoms with Crippen molar-refractivity contribution in [2.45, 2.75) is 69.6 Å². The quantitative estimate of drug-likeness (QED) is 0.521. The zero-order chi connectivity index (χ0) is 24.8. The van der Waals surface area contributed by atoms with Crippen LogP contribution in [0.2, 0.25) is 0 Å². The molecule has 5 rings (SSSR count). The fourth-order valence-electron chi connectivity index (χ4n) is 7.38. The van der Waals surface area contributed by atoms with E-state index in [1.54, 1.807) is 19.2 Å². The molecule has 3 aliphatic carbocycles. The van der Waals surface area contributed by atoms with Crippen molar-refractivity contribution in [1.29, 1.82) is 0 Å². The van der Waals surface area contributed by atoms with Gasteiger partial charge in [-0.2, -0.15) is 0 Å². The van der Waals surface area contributed by atoms with Gasteiger partial charge in [0.25, 0.3) is 0 Å². The molecule has 2 saturated carbocycles. The average molecular weight is 496 g/mol. The van der Waals surface area contributed by atoms with Crippen LogP contribution in [0, 0.1) is 30.1 Å². The van der Waals surface area contributed by atoms with Gasteiger partial charge in [0.05, 0.1) is 12.0 Å². The summed E-state index contributed by atoms with van der Waals surface area (Å²) in [6.45, 7) is 4.55. The van der Waals surface area contributed by atoms with Crippen molar-refractivity contribution in [2.24, 2.45) is 23.2 Å².